The number of fused-ring (bicyclic) bond motifs is 1. The van der Waals surface area contributed by atoms with Gasteiger partial charge in [0.05, 0.1) is 11.1 Å². The lowest BCUT2D eigenvalue weighted by Crippen LogP contribution is -2.05. The summed E-state index contributed by atoms with van der Waals surface area (Å²) in [6.45, 7) is 0.781. The number of hydrogen-bond donors (Lipinski definition) is 2. The molecule has 0 saturated heterocycles. The van der Waals surface area contributed by atoms with E-state index in [0.29, 0.717) is 0 Å². The predicted molar refractivity (Wildman–Crippen MR) is 54.8 cm³/mol. The lowest BCUT2D eigenvalue weighted by atomic mass is 10.1. The van der Waals surface area contributed by atoms with Crippen LogP contribution in [0.2, 0.25) is 0 Å². The van der Waals surface area contributed by atoms with E-state index in [2.05, 4.69) is 4.98 Å². The summed E-state index contributed by atoms with van der Waals surface area (Å²) in [7, 11) is 0. The summed E-state index contributed by atoms with van der Waals surface area (Å²) < 4.78 is 26.4. The van der Waals surface area contributed by atoms with Crippen LogP contribution in [-0.4, -0.2) is 16.1 Å². The molecule has 2 rings (SSSR count). The van der Waals surface area contributed by atoms with Gasteiger partial charge >= 0.3 is 5.97 Å². The molecule has 16 heavy (non-hydrogen) atoms. The fraction of sp³-hybridized carbons (Fsp3) is 0.182. The summed E-state index contributed by atoms with van der Waals surface area (Å²) in [5.74, 6) is -4.13. The minimum absolute atomic E-state index is 0.00648. The minimum atomic E-state index is -2.99. The number of nitrogens with one attached hydrogen (secondary N) is 1. The first-order valence-corrected chi connectivity index (χ1v) is 4.63. The van der Waals surface area contributed by atoms with Crippen molar-refractivity contribution in [3.05, 3.63) is 35.5 Å². The third-order valence-corrected chi connectivity index (χ3v) is 2.42. The quantitative estimate of drug-likeness (QED) is 0.825. The molecule has 0 aliphatic rings. The van der Waals surface area contributed by atoms with Gasteiger partial charge < -0.3 is 10.1 Å². The van der Waals surface area contributed by atoms with Crippen LogP contribution >= 0.6 is 0 Å². The Labute approximate surface area is 89.7 Å². The maximum Gasteiger partial charge on any atom is 0.337 e. The predicted octanol–water partition coefficient (Wildman–Crippen LogP) is 2.98. The molecule has 1 aromatic heterocycles. The third kappa shape index (κ3) is 1.54. The molecule has 84 valence electrons. The average Bonchev–Trinajstić information content (AvgIpc) is 2.59. The van der Waals surface area contributed by atoms with Gasteiger partial charge in [0.2, 0.25) is 0 Å². The maximum atomic E-state index is 13.2. The fourth-order valence-electron chi connectivity index (χ4n) is 1.70. The molecule has 2 N–H and O–H groups in total. The highest BCUT2D eigenvalue weighted by Crippen LogP contribution is 2.33. The Kier molecular flexibility index (Phi) is 2.18. The van der Waals surface area contributed by atoms with E-state index in [1.165, 1.54) is 18.2 Å². The van der Waals surface area contributed by atoms with Crippen molar-refractivity contribution in [2.24, 2.45) is 0 Å². The fourth-order valence-corrected chi connectivity index (χ4v) is 1.70. The molecule has 0 fully saturated rings. The molecular weight excluding hydrogens is 216 g/mol. The number of benzene rings is 1. The third-order valence-electron chi connectivity index (χ3n) is 2.42. The summed E-state index contributed by atoms with van der Waals surface area (Å²) in [6, 6.07) is 4.30. The average molecular weight is 225 g/mol. The zero-order valence-corrected chi connectivity index (χ0v) is 8.42. The van der Waals surface area contributed by atoms with Crippen LogP contribution < -0.4 is 0 Å². The number of carboxylic acid groups (broad SMARTS) is 1. The summed E-state index contributed by atoms with van der Waals surface area (Å²) in [6.07, 6.45) is 1.15. The van der Waals surface area contributed by atoms with E-state index in [4.69, 9.17) is 5.11 Å². The topological polar surface area (TPSA) is 53.1 Å². The number of aromatic nitrogens is 1. The lowest BCUT2D eigenvalue weighted by Gasteiger charge is -2.08. The smallest absolute Gasteiger partial charge is 0.337 e. The molecule has 3 nitrogen and oxygen atoms in total. The van der Waals surface area contributed by atoms with Crippen molar-refractivity contribution in [3.8, 4) is 0 Å². The van der Waals surface area contributed by atoms with E-state index in [1.807, 2.05) is 0 Å². The van der Waals surface area contributed by atoms with Gasteiger partial charge in [-0.05, 0) is 6.07 Å². The molecule has 0 amide bonds. The highest BCUT2D eigenvalue weighted by molar-refractivity contribution is 6.03. The number of aromatic amines is 1. The van der Waals surface area contributed by atoms with Crippen LogP contribution in [0.5, 0.6) is 0 Å². The van der Waals surface area contributed by atoms with Gasteiger partial charge in [0, 0.05) is 24.1 Å². The number of carbonyl (C=O) groups is 1. The Bertz CT molecular complexity index is 555. The number of carboxylic acids is 1. The summed E-state index contributed by atoms with van der Waals surface area (Å²) >= 11 is 0. The van der Waals surface area contributed by atoms with Crippen molar-refractivity contribution in [1.82, 2.24) is 4.98 Å². The van der Waals surface area contributed by atoms with Crippen molar-refractivity contribution in [1.29, 1.82) is 0 Å². The monoisotopic (exact) mass is 225 g/mol. The first kappa shape index (κ1) is 10.6. The van der Waals surface area contributed by atoms with Gasteiger partial charge in [-0.3, -0.25) is 0 Å². The van der Waals surface area contributed by atoms with Crippen LogP contribution in [0.3, 0.4) is 0 Å². The highest BCUT2D eigenvalue weighted by atomic mass is 19.3. The van der Waals surface area contributed by atoms with E-state index < -0.39 is 11.9 Å². The molecule has 1 aromatic carbocycles. The second kappa shape index (κ2) is 3.30. The molecule has 0 aliphatic heterocycles. The molecule has 2 aromatic rings. The lowest BCUT2D eigenvalue weighted by molar-refractivity contribution is 0.0191. The Morgan fingerprint density at radius 1 is 1.44 bits per heavy atom. The van der Waals surface area contributed by atoms with Gasteiger partial charge in [-0.2, -0.15) is 0 Å². The SMILES string of the molecule is CC(F)(F)c1c[nH]c2c(C(=O)O)cccc12. The van der Waals surface area contributed by atoms with Crippen LogP contribution in [0.1, 0.15) is 22.8 Å². The molecule has 1 heterocycles. The van der Waals surface area contributed by atoms with Gasteiger partial charge in [0.15, 0.2) is 0 Å². The number of halogens is 2. The van der Waals surface area contributed by atoms with Crippen molar-refractivity contribution < 1.29 is 18.7 Å². The number of rotatable bonds is 2. The van der Waals surface area contributed by atoms with Crippen molar-refractivity contribution >= 4 is 16.9 Å². The number of H-pyrrole nitrogens is 1. The zero-order chi connectivity index (χ0) is 11.9. The van der Waals surface area contributed by atoms with Gasteiger partial charge in [-0.25, -0.2) is 13.6 Å². The molecule has 0 unspecified atom stereocenters. The normalized spacial score (nSPS) is 11.9. The number of hydrogen-bond acceptors (Lipinski definition) is 1. The van der Waals surface area contributed by atoms with E-state index in [9.17, 15) is 13.6 Å². The molecular formula is C11H9F2NO2. The van der Waals surface area contributed by atoms with Gasteiger partial charge in [-0.1, -0.05) is 12.1 Å². The number of para-hydroxylation sites is 1. The Morgan fingerprint density at radius 2 is 2.12 bits per heavy atom. The van der Waals surface area contributed by atoms with Crippen LogP contribution in [0.15, 0.2) is 24.4 Å². The van der Waals surface area contributed by atoms with Crippen molar-refractivity contribution in [2.75, 3.05) is 0 Å². The standard InChI is InChI=1S/C11H9F2NO2/c1-11(12,13)8-5-14-9-6(8)3-2-4-7(9)10(15)16/h2-5,14H,1H3,(H,15,16). The first-order valence-electron chi connectivity index (χ1n) is 4.63. The summed E-state index contributed by atoms with van der Waals surface area (Å²) in [5.41, 5.74) is 0.0325. The molecule has 0 spiro atoms. The van der Waals surface area contributed by atoms with Gasteiger partial charge in [-0.15, -0.1) is 0 Å². The molecule has 0 radical (unpaired) electrons. The van der Waals surface area contributed by atoms with E-state index in [1.54, 1.807) is 0 Å². The van der Waals surface area contributed by atoms with Crippen LogP contribution in [-0.2, 0) is 5.92 Å². The Balaban J connectivity index is 2.76. The van der Waals surface area contributed by atoms with Crippen LogP contribution in [0, 0.1) is 0 Å². The highest BCUT2D eigenvalue weighted by Gasteiger charge is 2.28. The zero-order valence-electron chi connectivity index (χ0n) is 8.42. The largest absolute Gasteiger partial charge is 0.478 e. The minimum Gasteiger partial charge on any atom is -0.478 e. The van der Waals surface area contributed by atoms with Crippen LogP contribution in [0.4, 0.5) is 8.78 Å². The number of alkyl halides is 2. The maximum absolute atomic E-state index is 13.2. The van der Waals surface area contributed by atoms with Crippen molar-refractivity contribution in [2.45, 2.75) is 12.8 Å². The van der Waals surface area contributed by atoms with Gasteiger partial charge in [0.1, 0.15) is 0 Å². The molecule has 0 saturated carbocycles. The second-order valence-electron chi connectivity index (χ2n) is 3.62. The van der Waals surface area contributed by atoms with E-state index in [-0.39, 0.29) is 22.0 Å². The Morgan fingerprint density at radius 3 is 2.69 bits per heavy atom. The Hall–Kier alpha value is -1.91. The summed E-state index contributed by atoms with van der Waals surface area (Å²) in [5, 5.41) is 9.13. The molecule has 0 aliphatic carbocycles. The molecule has 5 heteroatoms. The van der Waals surface area contributed by atoms with Gasteiger partial charge in [0.25, 0.3) is 5.92 Å². The number of aromatic carboxylic acids is 1. The van der Waals surface area contributed by atoms with Crippen molar-refractivity contribution in [3.63, 3.8) is 0 Å². The van der Waals surface area contributed by atoms with E-state index in [0.717, 1.165) is 13.1 Å². The first-order chi connectivity index (χ1) is 7.41. The second-order valence-corrected chi connectivity index (χ2v) is 3.62. The van der Waals surface area contributed by atoms with E-state index >= 15 is 0 Å². The summed E-state index contributed by atoms with van der Waals surface area (Å²) in [4.78, 5) is 13.5. The molecule has 0 atom stereocenters. The van der Waals surface area contributed by atoms with Crippen LogP contribution in [0.25, 0.3) is 10.9 Å². The molecule has 0 bridgehead atoms.